The topological polar surface area (TPSA) is 86.3 Å². The number of carbonyl (C=O) groups is 1. The Bertz CT molecular complexity index is 512. The molecule has 1 aromatic heterocycles. The monoisotopic (exact) mass is 265 g/mol. The Hall–Kier alpha value is -1.82. The van der Waals surface area contributed by atoms with E-state index in [9.17, 15) is 9.59 Å². The largest absolute Gasteiger partial charge is 0.398 e. The van der Waals surface area contributed by atoms with E-state index in [0.717, 1.165) is 13.0 Å². The molecule has 104 valence electrons. The number of pyridine rings is 1. The molecule has 0 aromatic carbocycles. The van der Waals surface area contributed by atoms with E-state index in [1.165, 1.54) is 22.9 Å². The van der Waals surface area contributed by atoms with Crippen LogP contribution >= 0.6 is 0 Å². The summed E-state index contributed by atoms with van der Waals surface area (Å²) < 4.78 is 6.73. The summed E-state index contributed by atoms with van der Waals surface area (Å²) in [5, 5.41) is 2.83. The molecular weight excluding hydrogens is 246 g/mol. The highest BCUT2D eigenvalue weighted by Gasteiger charge is 2.24. The summed E-state index contributed by atoms with van der Waals surface area (Å²) in [6.07, 6.45) is 2.61. The fraction of sp³-hybridized carbons (Fsp3) is 0.538. The van der Waals surface area contributed by atoms with Crippen molar-refractivity contribution in [2.75, 3.05) is 18.9 Å². The van der Waals surface area contributed by atoms with Gasteiger partial charge in [-0.3, -0.25) is 9.59 Å². The maximum atomic E-state index is 11.8. The second kappa shape index (κ2) is 5.88. The summed E-state index contributed by atoms with van der Waals surface area (Å²) in [5.74, 6) is 0.160. The smallest absolute Gasteiger partial charge is 0.251 e. The number of hydrogen-bond acceptors (Lipinski definition) is 4. The summed E-state index contributed by atoms with van der Waals surface area (Å²) in [7, 11) is 0. The fourth-order valence-electron chi connectivity index (χ4n) is 2.17. The second-order valence-corrected chi connectivity index (χ2v) is 4.86. The van der Waals surface area contributed by atoms with Gasteiger partial charge in [-0.1, -0.05) is 0 Å². The molecule has 0 radical (unpaired) electrons. The molecule has 0 saturated carbocycles. The van der Waals surface area contributed by atoms with Crippen molar-refractivity contribution >= 4 is 11.6 Å². The van der Waals surface area contributed by atoms with Crippen molar-refractivity contribution < 1.29 is 9.53 Å². The molecule has 1 aliphatic heterocycles. The highest BCUT2D eigenvalue weighted by molar-refractivity contribution is 5.75. The lowest BCUT2D eigenvalue weighted by atomic mass is 10.0. The van der Waals surface area contributed by atoms with Crippen LogP contribution in [0.5, 0.6) is 0 Å². The van der Waals surface area contributed by atoms with Crippen LogP contribution in [0.15, 0.2) is 23.1 Å². The zero-order valence-electron chi connectivity index (χ0n) is 11.0. The standard InChI is InChI=1S/C13H19N3O3/c1-9-10(4-5-19-9)6-15-12(17)8-16-7-11(14)2-3-13(16)18/h2-3,7,9-10H,4-6,8,14H2,1H3,(H,15,17). The molecule has 6 nitrogen and oxygen atoms in total. The number of nitrogens with zero attached hydrogens (tertiary/aromatic N) is 1. The number of nitrogen functional groups attached to an aromatic ring is 1. The van der Waals surface area contributed by atoms with Gasteiger partial charge in [-0.25, -0.2) is 0 Å². The Balaban J connectivity index is 1.87. The number of ether oxygens (including phenoxy) is 1. The van der Waals surface area contributed by atoms with E-state index >= 15 is 0 Å². The van der Waals surface area contributed by atoms with Gasteiger partial charge in [0.1, 0.15) is 6.54 Å². The Morgan fingerprint density at radius 3 is 3.05 bits per heavy atom. The van der Waals surface area contributed by atoms with Crippen LogP contribution in [-0.2, 0) is 16.1 Å². The molecule has 1 aromatic rings. The zero-order valence-corrected chi connectivity index (χ0v) is 11.0. The van der Waals surface area contributed by atoms with Crippen molar-refractivity contribution in [3.63, 3.8) is 0 Å². The van der Waals surface area contributed by atoms with Crippen LogP contribution < -0.4 is 16.6 Å². The minimum Gasteiger partial charge on any atom is -0.398 e. The van der Waals surface area contributed by atoms with Gasteiger partial charge in [0, 0.05) is 37.0 Å². The van der Waals surface area contributed by atoms with E-state index in [2.05, 4.69) is 5.32 Å². The van der Waals surface area contributed by atoms with E-state index in [4.69, 9.17) is 10.5 Å². The van der Waals surface area contributed by atoms with Crippen molar-refractivity contribution in [1.82, 2.24) is 9.88 Å². The molecule has 2 atom stereocenters. The molecule has 0 spiro atoms. The lowest BCUT2D eigenvalue weighted by Gasteiger charge is -2.15. The van der Waals surface area contributed by atoms with Crippen LogP contribution in [0.4, 0.5) is 5.69 Å². The molecule has 19 heavy (non-hydrogen) atoms. The molecule has 2 rings (SSSR count). The summed E-state index contributed by atoms with van der Waals surface area (Å²) >= 11 is 0. The second-order valence-electron chi connectivity index (χ2n) is 4.86. The van der Waals surface area contributed by atoms with Crippen LogP contribution in [-0.4, -0.2) is 29.7 Å². The minimum atomic E-state index is -0.234. The van der Waals surface area contributed by atoms with Crippen molar-refractivity contribution in [2.45, 2.75) is 26.0 Å². The molecule has 2 unspecified atom stereocenters. The Kier molecular flexibility index (Phi) is 4.21. The molecular formula is C13H19N3O3. The van der Waals surface area contributed by atoms with Crippen LogP contribution in [0, 0.1) is 5.92 Å². The number of rotatable bonds is 4. The SMILES string of the molecule is CC1OCCC1CNC(=O)Cn1cc(N)ccc1=O. The van der Waals surface area contributed by atoms with Gasteiger partial charge in [0.15, 0.2) is 0 Å². The highest BCUT2D eigenvalue weighted by Crippen LogP contribution is 2.19. The first kappa shape index (κ1) is 13.6. The lowest BCUT2D eigenvalue weighted by Crippen LogP contribution is -2.36. The van der Waals surface area contributed by atoms with Crippen LogP contribution in [0.3, 0.4) is 0 Å². The van der Waals surface area contributed by atoms with Crippen LogP contribution in [0.2, 0.25) is 0 Å². The van der Waals surface area contributed by atoms with Gasteiger partial charge in [-0.15, -0.1) is 0 Å². The first-order chi connectivity index (χ1) is 9.06. The van der Waals surface area contributed by atoms with Crippen molar-refractivity contribution in [2.24, 2.45) is 5.92 Å². The summed E-state index contributed by atoms with van der Waals surface area (Å²) in [4.78, 5) is 23.3. The first-order valence-corrected chi connectivity index (χ1v) is 6.40. The number of anilines is 1. The molecule has 1 amide bonds. The van der Waals surface area contributed by atoms with E-state index in [1.54, 1.807) is 0 Å². The normalized spacial score (nSPS) is 22.4. The van der Waals surface area contributed by atoms with E-state index in [-0.39, 0.29) is 24.1 Å². The average molecular weight is 265 g/mol. The van der Waals surface area contributed by atoms with Gasteiger partial charge in [-0.2, -0.15) is 0 Å². The number of nitrogens with two attached hydrogens (primary N) is 1. The predicted octanol–water partition coefficient (Wildman–Crippen LogP) is -0.0283. The maximum absolute atomic E-state index is 11.8. The molecule has 0 aliphatic carbocycles. The van der Waals surface area contributed by atoms with Crippen molar-refractivity contribution in [3.05, 3.63) is 28.7 Å². The third kappa shape index (κ3) is 3.57. The summed E-state index contributed by atoms with van der Waals surface area (Å²) in [6, 6.07) is 2.88. The van der Waals surface area contributed by atoms with Crippen LogP contribution in [0.25, 0.3) is 0 Å². The lowest BCUT2D eigenvalue weighted by molar-refractivity contribution is -0.121. The summed E-state index contributed by atoms with van der Waals surface area (Å²) in [6.45, 7) is 3.32. The quantitative estimate of drug-likeness (QED) is 0.800. The van der Waals surface area contributed by atoms with Gasteiger partial charge in [0.05, 0.1) is 6.10 Å². The molecule has 2 heterocycles. The van der Waals surface area contributed by atoms with Gasteiger partial charge < -0.3 is 20.4 Å². The Morgan fingerprint density at radius 2 is 2.37 bits per heavy atom. The number of hydrogen-bond donors (Lipinski definition) is 2. The van der Waals surface area contributed by atoms with Crippen molar-refractivity contribution in [1.29, 1.82) is 0 Å². The third-order valence-corrected chi connectivity index (χ3v) is 3.41. The highest BCUT2D eigenvalue weighted by atomic mass is 16.5. The zero-order chi connectivity index (χ0) is 13.8. The molecule has 1 fully saturated rings. The molecule has 1 aliphatic rings. The fourth-order valence-corrected chi connectivity index (χ4v) is 2.17. The molecule has 1 saturated heterocycles. The Morgan fingerprint density at radius 1 is 1.58 bits per heavy atom. The van der Waals surface area contributed by atoms with Crippen molar-refractivity contribution in [3.8, 4) is 0 Å². The first-order valence-electron chi connectivity index (χ1n) is 6.40. The van der Waals surface area contributed by atoms with Gasteiger partial charge in [-0.05, 0) is 19.4 Å². The number of aromatic nitrogens is 1. The predicted molar refractivity (Wildman–Crippen MR) is 71.6 cm³/mol. The number of nitrogens with one attached hydrogen (secondary N) is 1. The van der Waals surface area contributed by atoms with Gasteiger partial charge in [0.25, 0.3) is 5.56 Å². The molecule has 3 N–H and O–H groups in total. The minimum absolute atomic E-state index is 0.00810. The Labute approximate surface area is 111 Å². The van der Waals surface area contributed by atoms with E-state index < -0.39 is 0 Å². The molecule has 6 heteroatoms. The van der Waals surface area contributed by atoms with Gasteiger partial charge in [0.2, 0.25) is 5.91 Å². The van der Waals surface area contributed by atoms with Gasteiger partial charge >= 0.3 is 0 Å². The van der Waals surface area contributed by atoms with E-state index in [1.807, 2.05) is 6.92 Å². The maximum Gasteiger partial charge on any atom is 0.251 e. The van der Waals surface area contributed by atoms with Crippen LogP contribution in [0.1, 0.15) is 13.3 Å². The summed E-state index contributed by atoms with van der Waals surface area (Å²) in [5.41, 5.74) is 5.82. The average Bonchev–Trinajstić information content (AvgIpc) is 2.77. The van der Waals surface area contributed by atoms with E-state index in [0.29, 0.717) is 18.2 Å². The third-order valence-electron chi connectivity index (χ3n) is 3.41. The number of amides is 1. The number of carbonyl (C=O) groups excluding carboxylic acids is 1. The molecule has 0 bridgehead atoms.